The Morgan fingerprint density at radius 3 is 2.53 bits per heavy atom. The van der Waals surface area contributed by atoms with Gasteiger partial charge in [0.05, 0.1) is 26.4 Å². The Labute approximate surface area is 212 Å². The first-order valence-electron chi connectivity index (χ1n) is 12.0. The number of hydrogen-bond donors (Lipinski definition) is 1. The smallest absolute Gasteiger partial charge is 0.472 e. The zero-order valence-electron chi connectivity index (χ0n) is 21.2. The van der Waals surface area contributed by atoms with Gasteiger partial charge in [-0.15, -0.1) is 0 Å². The van der Waals surface area contributed by atoms with Gasteiger partial charge >= 0.3 is 7.82 Å². The van der Waals surface area contributed by atoms with E-state index in [1.54, 1.807) is 19.9 Å². The fourth-order valence-corrected chi connectivity index (χ4v) is 4.80. The van der Waals surface area contributed by atoms with Crippen molar-refractivity contribution in [2.75, 3.05) is 26.9 Å². The number of methoxy groups -OCH3 is 1. The summed E-state index contributed by atoms with van der Waals surface area (Å²) >= 11 is 0. The van der Waals surface area contributed by atoms with Crippen molar-refractivity contribution in [2.24, 2.45) is 4.99 Å². The molecule has 2 aromatic carbocycles. The Kier molecular flexibility index (Phi) is 9.91. The van der Waals surface area contributed by atoms with Gasteiger partial charge in [0.15, 0.2) is 17.5 Å². The number of rotatable bonds is 14. The SMILES string of the molecule is CCC(C)OP(=O)(O)OCC1(CCc2ccc(OCCc3ccc(OC)c(F)c3)cc2)COC(C)=N1. The standard InChI is InChI=1S/C26H35FNO7P/c1-5-19(2)35-36(29,30)34-18-26(17-33-20(3)28-26)14-12-21-6-9-23(10-7-21)32-15-13-22-8-11-25(31-4)24(27)16-22/h6-11,16,19H,5,12-15,17-18H2,1-4H3,(H,29,30). The molecular formula is C26H35FNO7P. The van der Waals surface area contributed by atoms with Gasteiger partial charge in [-0.2, -0.15) is 0 Å². The number of halogens is 1. The van der Waals surface area contributed by atoms with Gasteiger partial charge in [-0.1, -0.05) is 25.1 Å². The summed E-state index contributed by atoms with van der Waals surface area (Å²) in [5, 5.41) is 0. The molecule has 10 heteroatoms. The second-order valence-electron chi connectivity index (χ2n) is 8.92. The Bertz CT molecular complexity index is 1080. The molecule has 198 valence electrons. The molecule has 1 aliphatic heterocycles. The first kappa shape index (κ1) is 28.1. The van der Waals surface area contributed by atoms with Crippen LogP contribution in [-0.2, 0) is 31.2 Å². The van der Waals surface area contributed by atoms with Gasteiger partial charge < -0.3 is 19.1 Å². The number of aliphatic imine (C=N–C) groups is 1. The van der Waals surface area contributed by atoms with Crippen LogP contribution in [0.25, 0.3) is 0 Å². The number of nitrogens with zero attached hydrogens (tertiary/aromatic N) is 1. The van der Waals surface area contributed by atoms with Crippen molar-refractivity contribution in [3.63, 3.8) is 0 Å². The number of aryl methyl sites for hydroxylation is 1. The lowest BCUT2D eigenvalue weighted by atomic mass is 9.94. The molecule has 3 atom stereocenters. The van der Waals surface area contributed by atoms with Gasteiger partial charge in [-0.05, 0) is 61.6 Å². The van der Waals surface area contributed by atoms with E-state index >= 15 is 0 Å². The minimum Gasteiger partial charge on any atom is -0.494 e. The number of phosphoric ester groups is 1. The topological polar surface area (TPSA) is 95.8 Å². The molecule has 1 heterocycles. The van der Waals surface area contributed by atoms with E-state index < -0.39 is 13.4 Å². The van der Waals surface area contributed by atoms with E-state index in [0.717, 1.165) is 11.1 Å². The van der Waals surface area contributed by atoms with Crippen LogP contribution >= 0.6 is 7.82 Å². The van der Waals surface area contributed by atoms with E-state index in [0.29, 0.717) is 43.9 Å². The van der Waals surface area contributed by atoms with E-state index in [9.17, 15) is 13.8 Å². The van der Waals surface area contributed by atoms with Gasteiger partial charge in [-0.25, -0.2) is 13.9 Å². The first-order chi connectivity index (χ1) is 17.1. The van der Waals surface area contributed by atoms with Crippen LogP contribution in [0.5, 0.6) is 11.5 Å². The van der Waals surface area contributed by atoms with Crippen LogP contribution in [-0.4, -0.2) is 49.4 Å². The minimum absolute atomic E-state index is 0.0816. The van der Waals surface area contributed by atoms with E-state index in [1.165, 1.54) is 13.2 Å². The average Bonchev–Trinajstić information content (AvgIpc) is 3.23. The summed E-state index contributed by atoms with van der Waals surface area (Å²) in [5.74, 6) is 1.07. The maximum absolute atomic E-state index is 13.8. The maximum atomic E-state index is 13.8. The molecule has 0 bridgehead atoms. The average molecular weight is 524 g/mol. The van der Waals surface area contributed by atoms with E-state index in [1.807, 2.05) is 37.3 Å². The summed E-state index contributed by atoms with van der Waals surface area (Å²) in [6, 6.07) is 12.6. The minimum atomic E-state index is -4.19. The van der Waals surface area contributed by atoms with E-state index in [-0.39, 0.29) is 30.9 Å². The van der Waals surface area contributed by atoms with Crippen molar-refractivity contribution < 1.29 is 37.1 Å². The highest BCUT2D eigenvalue weighted by atomic mass is 31.2. The zero-order chi connectivity index (χ0) is 26.2. The van der Waals surface area contributed by atoms with Crippen LogP contribution in [0.2, 0.25) is 0 Å². The second-order valence-corrected chi connectivity index (χ2v) is 10.3. The van der Waals surface area contributed by atoms with Crippen molar-refractivity contribution in [3.8, 4) is 11.5 Å². The van der Waals surface area contributed by atoms with Gasteiger partial charge in [0.25, 0.3) is 0 Å². The molecule has 0 saturated heterocycles. The molecular weight excluding hydrogens is 488 g/mol. The number of benzene rings is 2. The van der Waals surface area contributed by atoms with Gasteiger partial charge in [0.1, 0.15) is 17.9 Å². The molecule has 0 fully saturated rings. The molecule has 36 heavy (non-hydrogen) atoms. The van der Waals surface area contributed by atoms with Crippen LogP contribution in [0.1, 0.15) is 44.7 Å². The Morgan fingerprint density at radius 2 is 1.92 bits per heavy atom. The normalized spacial score (nSPS) is 19.8. The molecule has 0 aliphatic carbocycles. The number of phosphoric acid groups is 1. The number of ether oxygens (including phenoxy) is 3. The summed E-state index contributed by atoms with van der Waals surface area (Å²) in [5.41, 5.74) is 1.13. The largest absolute Gasteiger partial charge is 0.494 e. The van der Waals surface area contributed by atoms with Gasteiger partial charge in [0.2, 0.25) is 0 Å². The summed E-state index contributed by atoms with van der Waals surface area (Å²) in [4.78, 5) is 14.6. The van der Waals surface area contributed by atoms with E-state index in [4.69, 9.17) is 23.3 Å². The van der Waals surface area contributed by atoms with Crippen molar-refractivity contribution in [1.82, 2.24) is 0 Å². The lowest BCUT2D eigenvalue weighted by Crippen LogP contribution is -2.35. The van der Waals surface area contributed by atoms with Crippen molar-refractivity contribution in [3.05, 3.63) is 59.4 Å². The highest BCUT2D eigenvalue weighted by Gasteiger charge is 2.39. The molecule has 0 saturated carbocycles. The number of hydrogen-bond acceptors (Lipinski definition) is 7. The monoisotopic (exact) mass is 523 g/mol. The van der Waals surface area contributed by atoms with Crippen LogP contribution in [0.15, 0.2) is 47.5 Å². The van der Waals surface area contributed by atoms with Crippen molar-refractivity contribution in [1.29, 1.82) is 0 Å². The third-order valence-electron chi connectivity index (χ3n) is 6.01. The highest BCUT2D eigenvalue weighted by Crippen LogP contribution is 2.46. The predicted molar refractivity (Wildman–Crippen MR) is 135 cm³/mol. The lowest BCUT2D eigenvalue weighted by molar-refractivity contribution is 0.0835. The van der Waals surface area contributed by atoms with Crippen LogP contribution in [0.4, 0.5) is 4.39 Å². The third kappa shape index (κ3) is 8.30. The van der Waals surface area contributed by atoms with E-state index in [2.05, 4.69) is 4.99 Å². The van der Waals surface area contributed by atoms with Gasteiger partial charge in [0, 0.05) is 13.3 Å². The predicted octanol–water partition coefficient (Wildman–Crippen LogP) is 5.51. The fourth-order valence-electron chi connectivity index (χ4n) is 3.73. The summed E-state index contributed by atoms with van der Waals surface area (Å²) in [6.45, 7) is 5.94. The molecule has 0 radical (unpaired) electrons. The lowest BCUT2D eigenvalue weighted by Gasteiger charge is -2.26. The molecule has 0 amide bonds. The molecule has 1 aliphatic rings. The Hall–Kier alpha value is -2.45. The summed E-state index contributed by atoms with van der Waals surface area (Å²) in [6.07, 6.45) is 2.00. The summed E-state index contributed by atoms with van der Waals surface area (Å²) < 4.78 is 52.8. The highest BCUT2D eigenvalue weighted by molar-refractivity contribution is 7.47. The maximum Gasteiger partial charge on any atom is 0.472 e. The van der Waals surface area contributed by atoms with Crippen LogP contribution in [0, 0.1) is 5.82 Å². The van der Waals surface area contributed by atoms with Crippen LogP contribution < -0.4 is 9.47 Å². The fraction of sp³-hybridized carbons (Fsp3) is 0.500. The Morgan fingerprint density at radius 1 is 1.19 bits per heavy atom. The van der Waals surface area contributed by atoms with Crippen molar-refractivity contribution in [2.45, 2.75) is 58.1 Å². The van der Waals surface area contributed by atoms with Crippen LogP contribution in [0.3, 0.4) is 0 Å². The first-order valence-corrected chi connectivity index (χ1v) is 13.5. The van der Waals surface area contributed by atoms with Gasteiger partial charge in [-0.3, -0.25) is 9.05 Å². The molecule has 3 rings (SSSR count). The Balaban J connectivity index is 1.51. The zero-order valence-corrected chi connectivity index (χ0v) is 22.1. The summed E-state index contributed by atoms with van der Waals surface area (Å²) in [7, 11) is -2.75. The third-order valence-corrected chi connectivity index (χ3v) is 7.09. The molecule has 0 spiro atoms. The molecule has 8 nitrogen and oxygen atoms in total. The molecule has 3 unspecified atom stereocenters. The van der Waals surface area contributed by atoms with Crippen molar-refractivity contribution >= 4 is 13.7 Å². The molecule has 1 N–H and O–H groups in total. The molecule has 0 aromatic heterocycles. The molecule has 2 aromatic rings. The second kappa shape index (κ2) is 12.7. The quantitative estimate of drug-likeness (QED) is 0.326.